The summed E-state index contributed by atoms with van der Waals surface area (Å²) in [5, 5.41) is 4.11. The highest BCUT2D eigenvalue weighted by Crippen LogP contribution is 2.37. The predicted molar refractivity (Wildman–Crippen MR) is 120 cm³/mol. The average molecular weight is 410 g/mol. The van der Waals surface area contributed by atoms with Crippen LogP contribution in [0.3, 0.4) is 0 Å². The maximum atomic E-state index is 6.58. The Kier molecular flexibility index (Phi) is 7.56. The van der Waals surface area contributed by atoms with Gasteiger partial charge in [0.25, 0.3) is 0 Å². The minimum atomic E-state index is 0.238. The Balaban J connectivity index is 1.72. The summed E-state index contributed by atoms with van der Waals surface area (Å²) in [6, 6.07) is 22.7. The van der Waals surface area contributed by atoms with Gasteiger partial charge in [0.2, 0.25) is 0 Å². The predicted octanol–water partition coefficient (Wildman–Crippen LogP) is 6.48. The Morgan fingerprint density at radius 1 is 0.966 bits per heavy atom. The Bertz CT molecular complexity index is 927. The van der Waals surface area contributed by atoms with Crippen LogP contribution >= 0.6 is 11.6 Å². The van der Waals surface area contributed by atoms with Crippen LogP contribution in [0.4, 0.5) is 0 Å². The van der Waals surface area contributed by atoms with Crippen LogP contribution in [-0.4, -0.2) is 6.61 Å². The van der Waals surface area contributed by atoms with E-state index < -0.39 is 0 Å². The molecule has 0 aliphatic rings. The van der Waals surface area contributed by atoms with Gasteiger partial charge in [0.1, 0.15) is 6.61 Å². The lowest BCUT2D eigenvalue weighted by atomic mass is 10.1. The van der Waals surface area contributed by atoms with E-state index in [2.05, 4.69) is 55.6 Å². The maximum absolute atomic E-state index is 6.58. The third kappa shape index (κ3) is 5.75. The lowest BCUT2D eigenvalue weighted by Crippen LogP contribution is -2.18. The zero-order valence-electron chi connectivity index (χ0n) is 17.2. The zero-order chi connectivity index (χ0) is 20.6. The van der Waals surface area contributed by atoms with Gasteiger partial charge in [-0.15, -0.1) is 0 Å². The van der Waals surface area contributed by atoms with Crippen molar-refractivity contribution in [3.05, 3.63) is 94.0 Å². The number of hydrogen-bond acceptors (Lipinski definition) is 3. The molecular weight excluding hydrogens is 382 g/mol. The lowest BCUT2D eigenvalue weighted by molar-refractivity contribution is 0.268. The standard InChI is InChI=1S/C25H28ClNO2/c1-4-28-24-15-20(16-27-19(3)21-11-6-5-7-12-21)14-23(26)25(24)29-17-22-13-9-8-10-18(22)2/h5-15,19,27H,4,16-17H2,1-3H3. The molecule has 1 atom stereocenters. The fourth-order valence-corrected chi connectivity index (χ4v) is 3.47. The van der Waals surface area contributed by atoms with Crippen molar-refractivity contribution >= 4 is 11.6 Å². The van der Waals surface area contributed by atoms with Crippen LogP contribution < -0.4 is 14.8 Å². The highest BCUT2D eigenvalue weighted by Gasteiger charge is 2.14. The second kappa shape index (κ2) is 10.3. The van der Waals surface area contributed by atoms with Crippen molar-refractivity contribution in [3.8, 4) is 11.5 Å². The summed E-state index contributed by atoms with van der Waals surface area (Å²) in [6.07, 6.45) is 0. The number of halogens is 1. The fraction of sp³-hybridized carbons (Fsp3) is 0.280. The quantitative estimate of drug-likeness (QED) is 0.439. The van der Waals surface area contributed by atoms with Crippen LogP contribution in [0.25, 0.3) is 0 Å². The molecule has 0 aliphatic carbocycles. The van der Waals surface area contributed by atoms with Gasteiger partial charge in [0.05, 0.1) is 11.6 Å². The van der Waals surface area contributed by atoms with E-state index in [4.69, 9.17) is 21.1 Å². The highest BCUT2D eigenvalue weighted by molar-refractivity contribution is 6.32. The second-order valence-electron chi connectivity index (χ2n) is 7.07. The zero-order valence-corrected chi connectivity index (χ0v) is 18.0. The van der Waals surface area contributed by atoms with E-state index in [9.17, 15) is 0 Å². The Labute approximate surface area is 178 Å². The number of benzene rings is 3. The summed E-state index contributed by atoms with van der Waals surface area (Å²) < 4.78 is 11.9. The van der Waals surface area contributed by atoms with Gasteiger partial charge in [0, 0.05) is 12.6 Å². The molecule has 0 radical (unpaired) electrons. The van der Waals surface area contributed by atoms with E-state index in [0.29, 0.717) is 36.3 Å². The van der Waals surface area contributed by atoms with Gasteiger partial charge in [-0.05, 0) is 55.2 Å². The van der Waals surface area contributed by atoms with E-state index in [-0.39, 0.29) is 6.04 Å². The molecule has 0 aliphatic heterocycles. The Morgan fingerprint density at radius 2 is 1.69 bits per heavy atom. The van der Waals surface area contributed by atoms with Gasteiger partial charge in [-0.25, -0.2) is 0 Å². The molecule has 0 heterocycles. The number of rotatable bonds is 9. The van der Waals surface area contributed by atoms with Crippen molar-refractivity contribution in [2.45, 2.75) is 40.0 Å². The van der Waals surface area contributed by atoms with Crippen LogP contribution in [0.2, 0.25) is 5.02 Å². The molecule has 3 rings (SSSR count). The SMILES string of the molecule is CCOc1cc(CNC(C)c2ccccc2)cc(Cl)c1OCc1ccccc1C. The van der Waals surface area contributed by atoms with Gasteiger partial charge < -0.3 is 14.8 Å². The van der Waals surface area contributed by atoms with Crippen molar-refractivity contribution in [1.82, 2.24) is 5.32 Å². The molecule has 3 aromatic rings. The summed E-state index contributed by atoms with van der Waals surface area (Å²) in [4.78, 5) is 0. The minimum Gasteiger partial charge on any atom is -0.490 e. The molecule has 3 aromatic carbocycles. The first-order valence-corrected chi connectivity index (χ1v) is 10.4. The molecule has 0 spiro atoms. The van der Waals surface area contributed by atoms with Crippen molar-refractivity contribution in [1.29, 1.82) is 0 Å². The smallest absolute Gasteiger partial charge is 0.180 e. The van der Waals surface area contributed by atoms with Gasteiger partial charge in [-0.3, -0.25) is 0 Å². The molecule has 0 fully saturated rings. The van der Waals surface area contributed by atoms with E-state index in [1.54, 1.807) is 0 Å². The Morgan fingerprint density at radius 3 is 2.41 bits per heavy atom. The number of nitrogens with one attached hydrogen (secondary N) is 1. The van der Waals surface area contributed by atoms with Crippen LogP contribution in [0.1, 0.15) is 42.1 Å². The normalized spacial score (nSPS) is 11.9. The van der Waals surface area contributed by atoms with Gasteiger partial charge in [-0.2, -0.15) is 0 Å². The molecule has 1 unspecified atom stereocenters. The molecule has 0 aromatic heterocycles. The minimum absolute atomic E-state index is 0.238. The summed E-state index contributed by atoms with van der Waals surface area (Å²) in [5.74, 6) is 1.27. The third-order valence-corrected chi connectivity index (χ3v) is 5.20. The van der Waals surface area contributed by atoms with E-state index in [1.807, 2.05) is 37.3 Å². The average Bonchev–Trinajstić information content (AvgIpc) is 2.73. The van der Waals surface area contributed by atoms with E-state index in [1.165, 1.54) is 11.1 Å². The summed E-state index contributed by atoms with van der Waals surface area (Å²) >= 11 is 6.58. The van der Waals surface area contributed by atoms with Crippen molar-refractivity contribution < 1.29 is 9.47 Å². The first-order chi connectivity index (χ1) is 14.1. The summed E-state index contributed by atoms with van der Waals surface area (Å²) in [6.45, 7) is 7.88. The second-order valence-corrected chi connectivity index (χ2v) is 7.47. The first kappa shape index (κ1) is 21.2. The number of ether oxygens (including phenoxy) is 2. The first-order valence-electron chi connectivity index (χ1n) is 9.99. The molecule has 152 valence electrons. The Hall–Kier alpha value is -2.49. The monoisotopic (exact) mass is 409 g/mol. The van der Waals surface area contributed by atoms with E-state index in [0.717, 1.165) is 11.1 Å². The van der Waals surface area contributed by atoms with Gasteiger partial charge in [0.15, 0.2) is 11.5 Å². The van der Waals surface area contributed by atoms with Crippen LogP contribution in [-0.2, 0) is 13.2 Å². The third-order valence-electron chi connectivity index (χ3n) is 4.91. The van der Waals surface area contributed by atoms with Crippen molar-refractivity contribution in [2.24, 2.45) is 0 Å². The fourth-order valence-electron chi connectivity index (χ4n) is 3.18. The largest absolute Gasteiger partial charge is 0.490 e. The van der Waals surface area contributed by atoms with Gasteiger partial charge >= 0.3 is 0 Å². The van der Waals surface area contributed by atoms with Gasteiger partial charge in [-0.1, -0.05) is 66.2 Å². The van der Waals surface area contributed by atoms with Crippen LogP contribution in [0, 0.1) is 6.92 Å². The molecule has 29 heavy (non-hydrogen) atoms. The molecular formula is C25H28ClNO2. The molecule has 3 nitrogen and oxygen atoms in total. The van der Waals surface area contributed by atoms with Crippen LogP contribution in [0.15, 0.2) is 66.7 Å². The highest BCUT2D eigenvalue weighted by atomic mass is 35.5. The summed E-state index contributed by atoms with van der Waals surface area (Å²) in [5.41, 5.74) is 4.64. The summed E-state index contributed by atoms with van der Waals surface area (Å²) in [7, 11) is 0. The molecule has 1 N–H and O–H groups in total. The molecule has 4 heteroatoms. The lowest BCUT2D eigenvalue weighted by Gasteiger charge is -2.18. The number of hydrogen-bond donors (Lipinski definition) is 1. The molecule has 0 amide bonds. The van der Waals surface area contributed by atoms with Crippen LogP contribution in [0.5, 0.6) is 11.5 Å². The van der Waals surface area contributed by atoms with Crippen molar-refractivity contribution in [2.75, 3.05) is 6.61 Å². The number of aryl methyl sites for hydroxylation is 1. The molecule has 0 saturated carbocycles. The van der Waals surface area contributed by atoms with E-state index >= 15 is 0 Å². The molecule has 0 saturated heterocycles. The molecule has 0 bridgehead atoms. The maximum Gasteiger partial charge on any atom is 0.180 e. The van der Waals surface area contributed by atoms with Crippen molar-refractivity contribution in [3.63, 3.8) is 0 Å². The topological polar surface area (TPSA) is 30.5 Å².